The summed E-state index contributed by atoms with van der Waals surface area (Å²) >= 11 is 0. The van der Waals surface area contributed by atoms with E-state index in [1.807, 2.05) is 0 Å². The van der Waals surface area contributed by atoms with Gasteiger partial charge in [0.05, 0.1) is 12.6 Å². The molecule has 0 aliphatic rings. The third kappa shape index (κ3) is 8.60. The van der Waals surface area contributed by atoms with Crippen molar-refractivity contribution in [3.8, 4) is 5.75 Å². The molecule has 0 radical (unpaired) electrons. The molecule has 0 saturated carbocycles. The molecule has 8 N–H and O–H groups in total. The second-order valence-electron chi connectivity index (χ2n) is 7.54. The number of benzene rings is 1. The van der Waals surface area contributed by atoms with Gasteiger partial charge in [0, 0.05) is 6.42 Å². The first-order chi connectivity index (χ1) is 14.4. The Kier molecular flexibility index (Phi) is 9.90. The molecular formula is C20H30N4O7. The number of carbonyl (C=O) groups excluding carboxylic acids is 3. The second kappa shape index (κ2) is 11.9. The van der Waals surface area contributed by atoms with Crippen LogP contribution in [0.4, 0.5) is 0 Å². The smallest absolute Gasteiger partial charge is 0.326 e. The lowest BCUT2D eigenvalue weighted by molar-refractivity contribution is -0.142. The first kappa shape index (κ1) is 25.9. The zero-order chi connectivity index (χ0) is 23.7. The number of aliphatic hydroxyl groups excluding tert-OH is 1. The van der Waals surface area contributed by atoms with Gasteiger partial charge in [0.2, 0.25) is 17.7 Å². The van der Waals surface area contributed by atoms with Crippen LogP contribution in [0.15, 0.2) is 24.3 Å². The average molecular weight is 438 g/mol. The van der Waals surface area contributed by atoms with Gasteiger partial charge in [-0.1, -0.05) is 26.0 Å². The number of amides is 3. The van der Waals surface area contributed by atoms with Crippen LogP contribution in [0.5, 0.6) is 5.75 Å². The molecule has 1 aromatic rings. The van der Waals surface area contributed by atoms with Crippen LogP contribution in [0.25, 0.3) is 0 Å². The summed E-state index contributed by atoms with van der Waals surface area (Å²) in [5.74, 6) is -3.69. The quantitative estimate of drug-likeness (QED) is 0.216. The summed E-state index contributed by atoms with van der Waals surface area (Å²) in [6.07, 6.45) is -1.12. The predicted molar refractivity (Wildman–Crippen MR) is 111 cm³/mol. The van der Waals surface area contributed by atoms with Crippen molar-refractivity contribution in [2.75, 3.05) is 6.54 Å². The van der Waals surface area contributed by atoms with Crippen molar-refractivity contribution in [3.63, 3.8) is 0 Å². The van der Waals surface area contributed by atoms with Crippen LogP contribution in [0.2, 0.25) is 0 Å². The molecule has 1 aromatic carbocycles. The highest BCUT2D eigenvalue weighted by Gasteiger charge is 2.29. The summed E-state index contributed by atoms with van der Waals surface area (Å²) in [5.41, 5.74) is 6.06. The van der Waals surface area contributed by atoms with Crippen molar-refractivity contribution in [3.05, 3.63) is 29.8 Å². The van der Waals surface area contributed by atoms with Gasteiger partial charge in [0.1, 0.15) is 23.9 Å². The Bertz CT molecular complexity index is 780. The highest BCUT2D eigenvalue weighted by Crippen LogP contribution is 2.12. The van der Waals surface area contributed by atoms with Gasteiger partial charge in [-0.05, 0) is 30.5 Å². The van der Waals surface area contributed by atoms with E-state index in [1.165, 1.54) is 19.1 Å². The summed E-state index contributed by atoms with van der Waals surface area (Å²) in [7, 11) is 0. The van der Waals surface area contributed by atoms with E-state index in [0.717, 1.165) is 0 Å². The first-order valence-electron chi connectivity index (χ1n) is 9.74. The molecule has 0 bridgehead atoms. The normalized spacial score (nSPS) is 14.8. The van der Waals surface area contributed by atoms with Gasteiger partial charge in [-0.15, -0.1) is 0 Å². The monoisotopic (exact) mass is 438 g/mol. The van der Waals surface area contributed by atoms with Crippen LogP contribution in [0.1, 0.15) is 26.3 Å². The Morgan fingerprint density at radius 2 is 1.58 bits per heavy atom. The Hall–Kier alpha value is -3.18. The standard InChI is InChI=1S/C20H30N4O7/c1-10(2)17(24-15(27)9-22-18(28)16(21)11(3)25)19(29)23-14(20(30)31)8-12-4-6-13(26)7-5-12/h4-7,10-11,14,16-17,25-26H,8-9,21H2,1-3H3,(H,22,28)(H,23,29)(H,24,27)(H,30,31). The summed E-state index contributed by atoms with van der Waals surface area (Å²) in [4.78, 5) is 48.1. The molecule has 4 unspecified atom stereocenters. The lowest BCUT2D eigenvalue weighted by atomic mass is 10.0. The van der Waals surface area contributed by atoms with Crippen LogP contribution in [-0.4, -0.2) is 69.8 Å². The third-order valence-corrected chi connectivity index (χ3v) is 4.50. The van der Waals surface area contributed by atoms with Crippen LogP contribution in [0.3, 0.4) is 0 Å². The topological polar surface area (TPSA) is 191 Å². The molecule has 0 spiro atoms. The lowest BCUT2D eigenvalue weighted by Gasteiger charge is -2.24. The van der Waals surface area contributed by atoms with E-state index in [0.29, 0.717) is 5.56 Å². The molecule has 0 saturated heterocycles. The van der Waals surface area contributed by atoms with E-state index >= 15 is 0 Å². The summed E-state index contributed by atoms with van der Waals surface area (Å²) < 4.78 is 0. The van der Waals surface area contributed by atoms with Gasteiger partial charge < -0.3 is 37.0 Å². The van der Waals surface area contributed by atoms with E-state index in [4.69, 9.17) is 5.73 Å². The number of hydrogen-bond acceptors (Lipinski definition) is 7. The van der Waals surface area contributed by atoms with E-state index < -0.39 is 54.5 Å². The number of nitrogens with two attached hydrogens (primary N) is 1. The molecule has 0 heterocycles. The largest absolute Gasteiger partial charge is 0.508 e. The minimum Gasteiger partial charge on any atom is -0.508 e. The number of phenols is 1. The Morgan fingerprint density at radius 1 is 1.00 bits per heavy atom. The average Bonchev–Trinajstić information content (AvgIpc) is 2.70. The number of carbonyl (C=O) groups is 4. The van der Waals surface area contributed by atoms with Crippen molar-refractivity contribution in [1.29, 1.82) is 0 Å². The maximum absolute atomic E-state index is 12.6. The molecule has 31 heavy (non-hydrogen) atoms. The number of hydrogen-bond donors (Lipinski definition) is 7. The second-order valence-corrected chi connectivity index (χ2v) is 7.54. The van der Waals surface area contributed by atoms with E-state index in [1.54, 1.807) is 26.0 Å². The molecule has 11 heteroatoms. The number of aromatic hydroxyl groups is 1. The Labute approximate surface area is 180 Å². The fourth-order valence-electron chi connectivity index (χ4n) is 2.59. The summed E-state index contributed by atoms with van der Waals surface area (Å²) in [6.45, 7) is 4.20. The van der Waals surface area contributed by atoms with Crippen LogP contribution in [0, 0.1) is 5.92 Å². The molecule has 3 amide bonds. The highest BCUT2D eigenvalue weighted by atomic mass is 16.4. The number of aliphatic hydroxyl groups is 1. The minimum atomic E-state index is -1.25. The third-order valence-electron chi connectivity index (χ3n) is 4.50. The van der Waals surface area contributed by atoms with Crippen molar-refractivity contribution in [1.82, 2.24) is 16.0 Å². The van der Waals surface area contributed by atoms with Crippen molar-refractivity contribution in [2.24, 2.45) is 11.7 Å². The summed E-state index contributed by atoms with van der Waals surface area (Å²) in [6, 6.07) is 2.40. The predicted octanol–water partition coefficient (Wildman–Crippen LogP) is -1.53. The van der Waals surface area contributed by atoms with Crippen LogP contribution < -0.4 is 21.7 Å². The summed E-state index contributed by atoms with van der Waals surface area (Å²) in [5, 5.41) is 35.2. The zero-order valence-corrected chi connectivity index (χ0v) is 17.7. The number of aliphatic carboxylic acids is 1. The molecule has 4 atom stereocenters. The van der Waals surface area contributed by atoms with Crippen LogP contribution >= 0.6 is 0 Å². The molecule has 11 nitrogen and oxygen atoms in total. The first-order valence-corrected chi connectivity index (χ1v) is 9.74. The van der Waals surface area contributed by atoms with E-state index in [9.17, 15) is 34.5 Å². The fourth-order valence-corrected chi connectivity index (χ4v) is 2.59. The number of carboxylic acids is 1. The molecule has 0 aromatic heterocycles. The van der Waals surface area contributed by atoms with E-state index in [-0.39, 0.29) is 18.1 Å². The zero-order valence-electron chi connectivity index (χ0n) is 17.7. The Balaban J connectivity index is 2.73. The number of nitrogens with one attached hydrogen (secondary N) is 3. The van der Waals surface area contributed by atoms with Gasteiger partial charge in [-0.3, -0.25) is 14.4 Å². The van der Waals surface area contributed by atoms with Gasteiger partial charge in [0.25, 0.3) is 0 Å². The van der Waals surface area contributed by atoms with Gasteiger partial charge in [-0.2, -0.15) is 0 Å². The molecule has 172 valence electrons. The maximum atomic E-state index is 12.6. The maximum Gasteiger partial charge on any atom is 0.326 e. The number of phenolic OH excluding ortho intramolecular Hbond substituents is 1. The van der Waals surface area contributed by atoms with Crippen molar-refractivity contribution < 1.29 is 34.5 Å². The van der Waals surface area contributed by atoms with Gasteiger partial charge in [-0.25, -0.2) is 4.79 Å². The number of carboxylic acid groups (broad SMARTS) is 1. The SMILES string of the molecule is CC(C)C(NC(=O)CNC(=O)C(N)C(C)O)C(=O)NC(Cc1ccc(O)cc1)C(=O)O. The molecule has 1 rings (SSSR count). The van der Waals surface area contributed by atoms with Crippen molar-refractivity contribution >= 4 is 23.7 Å². The Morgan fingerprint density at radius 3 is 2.06 bits per heavy atom. The van der Waals surface area contributed by atoms with E-state index in [2.05, 4.69) is 16.0 Å². The molecule has 0 aliphatic carbocycles. The van der Waals surface area contributed by atoms with Crippen molar-refractivity contribution in [2.45, 2.75) is 51.4 Å². The molecule has 0 aliphatic heterocycles. The van der Waals surface area contributed by atoms with Gasteiger partial charge >= 0.3 is 5.97 Å². The highest BCUT2D eigenvalue weighted by molar-refractivity contribution is 5.92. The lowest BCUT2D eigenvalue weighted by Crippen LogP contribution is -2.56. The molecule has 0 fully saturated rings. The molecular weight excluding hydrogens is 408 g/mol. The fraction of sp³-hybridized carbons (Fsp3) is 0.500. The number of rotatable bonds is 11. The minimum absolute atomic E-state index is 0.0204. The van der Waals surface area contributed by atoms with Gasteiger partial charge in [0.15, 0.2) is 0 Å². The van der Waals surface area contributed by atoms with Crippen LogP contribution in [-0.2, 0) is 25.6 Å².